The van der Waals surface area contributed by atoms with Gasteiger partial charge in [-0.15, -0.1) is 0 Å². The van der Waals surface area contributed by atoms with Gasteiger partial charge in [-0.05, 0) is 25.2 Å². The van der Waals surface area contributed by atoms with Crippen LogP contribution in [-0.4, -0.2) is 40.6 Å². The van der Waals surface area contributed by atoms with Crippen LogP contribution in [0.3, 0.4) is 0 Å². The van der Waals surface area contributed by atoms with E-state index in [1.165, 1.54) is 0 Å². The van der Waals surface area contributed by atoms with E-state index in [2.05, 4.69) is 4.98 Å². The van der Waals surface area contributed by atoms with E-state index >= 15 is 0 Å². The summed E-state index contributed by atoms with van der Waals surface area (Å²) in [5.41, 5.74) is 0.875. The maximum Gasteiger partial charge on any atom is 0.356 e. The van der Waals surface area contributed by atoms with Crippen molar-refractivity contribution in [2.75, 3.05) is 11.5 Å². The predicted octanol–water partition coefficient (Wildman–Crippen LogP) is 1.38. The Morgan fingerprint density at radius 3 is 2.75 bits per heavy atom. The van der Waals surface area contributed by atoms with Crippen molar-refractivity contribution in [3.63, 3.8) is 0 Å². The quantitative estimate of drug-likeness (QED) is 0.891. The Morgan fingerprint density at radius 1 is 1.40 bits per heavy atom. The van der Waals surface area contributed by atoms with Gasteiger partial charge >= 0.3 is 5.97 Å². The molecule has 0 aromatic carbocycles. The van der Waals surface area contributed by atoms with Crippen molar-refractivity contribution < 1.29 is 18.3 Å². The number of sulfone groups is 1. The second-order valence-electron chi connectivity index (χ2n) is 5.80. The van der Waals surface area contributed by atoms with Gasteiger partial charge in [0.05, 0.1) is 17.2 Å². The summed E-state index contributed by atoms with van der Waals surface area (Å²) in [6, 6.07) is 0. The third-order valence-electron chi connectivity index (χ3n) is 4.32. The SMILES string of the molecule is CC1CCCn2c(C3CCS(=O)(=O)C3)nc(C(=O)O)c21. The molecule has 7 heteroatoms. The van der Waals surface area contributed by atoms with Gasteiger partial charge in [-0.25, -0.2) is 18.2 Å². The lowest BCUT2D eigenvalue weighted by Gasteiger charge is -2.23. The average Bonchev–Trinajstić information content (AvgIpc) is 2.90. The van der Waals surface area contributed by atoms with Crippen molar-refractivity contribution in [1.29, 1.82) is 0 Å². The maximum absolute atomic E-state index is 11.6. The highest BCUT2D eigenvalue weighted by molar-refractivity contribution is 7.91. The standard InChI is InChI=1S/C13H18N2O4S/c1-8-3-2-5-15-11(8)10(13(16)17)14-12(15)9-4-6-20(18,19)7-9/h8-9H,2-7H2,1H3,(H,16,17). The van der Waals surface area contributed by atoms with Gasteiger partial charge in [0.1, 0.15) is 5.82 Å². The molecule has 1 aromatic heterocycles. The zero-order valence-electron chi connectivity index (χ0n) is 11.4. The zero-order chi connectivity index (χ0) is 14.5. The van der Waals surface area contributed by atoms with Crippen molar-refractivity contribution in [1.82, 2.24) is 9.55 Å². The summed E-state index contributed by atoms with van der Waals surface area (Å²) >= 11 is 0. The molecule has 2 aliphatic rings. The van der Waals surface area contributed by atoms with Gasteiger partial charge in [0, 0.05) is 12.5 Å². The molecule has 0 radical (unpaired) electrons. The molecule has 20 heavy (non-hydrogen) atoms. The lowest BCUT2D eigenvalue weighted by Crippen LogP contribution is -2.19. The lowest BCUT2D eigenvalue weighted by molar-refractivity contribution is 0.0688. The van der Waals surface area contributed by atoms with Crippen LogP contribution < -0.4 is 0 Å². The first-order chi connectivity index (χ1) is 9.39. The van der Waals surface area contributed by atoms with Crippen LogP contribution in [0.4, 0.5) is 0 Å². The summed E-state index contributed by atoms with van der Waals surface area (Å²) in [6.07, 6.45) is 2.48. The molecular formula is C13H18N2O4S. The third-order valence-corrected chi connectivity index (χ3v) is 6.09. The van der Waals surface area contributed by atoms with Crippen LogP contribution in [0.2, 0.25) is 0 Å². The topological polar surface area (TPSA) is 89.3 Å². The Hall–Kier alpha value is -1.37. The van der Waals surface area contributed by atoms with Crippen LogP contribution in [0.1, 0.15) is 60.0 Å². The summed E-state index contributed by atoms with van der Waals surface area (Å²) in [7, 11) is -3.00. The summed E-state index contributed by atoms with van der Waals surface area (Å²) in [5, 5.41) is 9.32. The van der Waals surface area contributed by atoms with Crippen LogP contribution in [0.15, 0.2) is 0 Å². The highest BCUT2D eigenvalue weighted by Gasteiger charge is 2.36. The van der Waals surface area contributed by atoms with Gasteiger partial charge in [0.2, 0.25) is 0 Å². The monoisotopic (exact) mass is 298 g/mol. The van der Waals surface area contributed by atoms with Gasteiger partial charge in [-0.1, -0.05) is 6.92 Å². The number of fused-ring (bicyclic) bond motifs is 1. The summed E-state index contributed by atoms with van der Waals surface area (Å²) < 4.78 is 25.2. The molecule has 6 nitrogen and oxygen atoms in total. The first kappa shape index (κ1) is 13.6. The van der Waals surface area contributed by atoms with E-state index in [4.69, 9.17) is 0 Å². The molecule has 0 saturated carbocycles. The van der Waals surface area contributed by atoms with E-state index in [0.717, 1.165) is 25.1 Å². The molecule has 0 spiro atoms. The summed E-state index contributed by atoms with van der Waals surface area (Å²) in [6.45, 7) is 2.75. The highest BCUT2D eigenvalue weighted by atomic mass is 32.2. The molecule has 0 amide bonds. The van der Waals surface area contributed by atoms with Gasteiger partial charge in [0.15, 0.2) is 15.5 Å². The molecule has 1 aromatic rings. The van der Waals surface area contributed by atoms with Gasteiger partial charge < -0.3 is 9.67 Å². The Kier molecular flexibility index (Phi) is 3.12. The minimum atomic E-state index is -3.00. The van der Waals surface area contributed by atoms with Gasteiger partial charge in [0.25, 0.3) is 0 Å². The van der Waals surface area contributed by atoms with Gasteiger partial charge in [-0.2, -0.15) is 0 Å². The summed E-state index contributed by atoms with van der Waals surface area (Å²) in [4.78, 5) is 15.7. The number of hydrogen-bond acceptors (Lipinski definition) is 4. The average molecular weight is 298 g/mol. The van der Waals surface area contributed by atoms with Crippen molar-refractivity contribution in [2.45, 2.75) is 44.6 Å². The van der Waals surface area contributed by atoms with Crippen molar-refractivity contribution >= 4 is 15.8 Å². The smallest absolute Gasteiger partial charge is 0.356 e. The van der Waals surface area contributed by atoms with E-state index < -0.39 is 15.8 Å². The fourth-order valence-corrected chi connectivity index (χ4v) is 5.12. The number of carbonyl (C=O) groups is 1. The molecule has 1 fully saturated rings. The van der Waals surface area contributed by atoms with Crippen molar-refractivity contribution in [2.24, 2.45) is 0 Å². The molecule has 2 unspecified atom stereocenters. The van der Waals surface area contributed by atoms with E-state index in [9.17, 15) is 18.3 Å². The second kappa shape index (κ2) is 4.58. The van der Waals surface area contributed by atoms with E-state index in [0.29, 0.717) is 12.2 Å². The number of hydrogen-bond donors (Lipinski definition) is 1. The molecule has 3 rings (SSSR count). The minimum Gasteiger partial charge on any atom is -0.476 e. The normalized spacial score (nSPS) is 28.2. The van der Waals surface area contributed by atoms with Crippen molar-refractivity contribution in [3.05, 3.63) is 17.2 Å². The predicted molar refractivity (Wildman–Crippen MR) is 72.8 cm³/mol. The molecule has 1 N–H and O–H groups in total. The van der Waals surface area contributed by atoms with E-state index in [1.54, 1.807) is 0 Å². The lowest BCUT2D eigenvalue weighted by atomic mass is 9.96. The first-order valence-corrected chi connectivity index (χ1v) is 8.75. The van der Waals surface area contributed by atoms with Crippen molar-refractivity contribution in [3.8, 4) is 0 Å². The number of aromatic carboxylic acids is 1. The molecular weight excluding hydrogens is 280 g/mol. The molecule has 0 bridgehead atoms. The molecule has 110 valence electrons. The molecule has 2 atom stereocenters. The minimum absolute atomic E-state index is 0.0941. The van der Waals surface area contributed by atoms with Crippen LogP contribution >= 0.6 is 0 Å². The fourth-order valence-electron chi connectivity index (χ4n) is 3.38. The Balaban J connectivity index is 2.08. The maximum atomic E-state index is 11.6. The largest absolute Gasteiger partial charge is 0.476 e. The highest BCUT2D eigenvalue weighted by Crippen LogP contribution is 2.36. The van der Waals surface area contributed by atoms with Crippen LogP contribution in [0.25, 0.3) is 0 Å². The Bertz CT molecular complexity index is 662. The number of nitrogens with zero attached hydrogens (tertiary/aromatic N) is 2. The fraction of sp³-hybridized carbons (Fsp3) is 0.692. The third kappa shape index (κ3) is 2.13. The van der Waals surface area contributed by atoms with Crippen LogP contribution in [0.5, 0.6) is 0 Å². The second-order valence-corrected chi connectivity index (χ2v) is 8.03. The van der Waals surface area contributed by atoms with Crippen LogP contribution in [0, 0.1) is 0 Å². The zero-order valence-corrected chi connectivity index (χ0v) is 12.2. The van der Waals surface area contributed by atoms with E-state index in [-0.39, 0.29) is 29.0 Å². The number of carboxylic acid groups (broad SMARTS) is 1. The molecule has 1 saturated heterocycles. The van der Waals surface area contributed by atoms with E-state index in [1.807, 2.05) is 11.5 Å². The Labute approximate surface area is 117 Å². The molecule has 2 aliphatic heterocycles. The number of imidazole rings is 1. The number of aromatic nitrogens is 2. The number of carboxylic acids is 1. The number of rotatable bonds is 2. The van der Waals surface area contributed by atoms with Crippen LogP contribution in [-0.2, 0) is 16.4 Å². The Morgan fingerprint density at radius 2 is 2.15 bits per heavy atom. The molecule has 0 aliphatic carbocycles. The van der Waals surface area contributed by atoms with Gasteiger partial charge in [-0.3, -0.25) is 0 Å². The first-order valence-electron chi connectivity index (χ1n) is 6.93. The summed E-state index contributed by atoms with van der Waals surface area (Å²) in [5.74, 6) is -0.0831. The molecule has 3 heterocycles.